The second-order valence-corrected chi connectivity index (χ2v) is 5.55. The van der Waals surface area contributed by atoms with Crippen molar-refractivity contribution in [1.29, 1.82) is 0 Å². The van der Waals surface area contributed by atoms with Gasteiger partial charge in [0.25, 0.3) is 0 Å². The van der Waals surface area contributed by atoms with Crippen LogP contribution in [0.25, 0.3) is 5.65 Å². The number of pyridine rings is 1. The molecule has 112 valence electrons. The summed E-state index contributed by atoms with van der Waals surface area (Å²) in [4.78, 5) is 18.6. The lowest BCUT2D eigenvalue weighted by Crippen LogP contribution is -2.28. The van der Waals surface area contributed by atoms with E-state index < -0.39 is 0 Å². The summed E-state index contributed by atoms with van der Waals surface area (Å²) in [5.74, 6) is 0.0756. The molecule has 4 heteroatoms. The fourth-order valence-electron chi connectivity index (χ4n) is 2.49. The van der Waals surface area contributed by atoms with Gasteiger partial charge in [0.05, 0.1) is 12.1 Å². The normalized spacial score (nSPS) is 10.8. The lowest BCUT2D eigenvalue weighted by atomic mass is 10.1. The first kappa shape index (κ1) is 14.3. The first-order chi connectivity index (χ1) is 10.6. The number of hydrogen-bond donors (Lipinski definition) is 0. The van der Waals surface area contributed by atoms with Crippen LogP contribution in [0.2, 0.25) is 0 Å². The zero-order valence-corrected chi connectivity index (χ0v) is 12.9. The third-order valence-corrected chi connectivity index (χ3v) is 3.84. The molecule has 0 spiro atoms. The molecule has 0 radical (unpaired) electrons. The number of amides is 1. The monoisotopic (exact) mass is 293 g/mol. The number of fused-ring (bicyclic) bond motifs is 1. The van der Waals surface area contributed by atoms with E-state index in [-0.39, 0.29) is 5.91 Å². The number of carbonyl (C=O) groups is 1. The highest BCUT2D eigenvalue weighted by Crippen LogP contribution is 2.11. The van der Waals surface area contributed by atoms with Crippen LogP contribution in [-0.2, 0) is 17.8 Å². The van der Waals surface area contributed by atoms with Crippen LogP contribution >= 0.6 is 0 Å². The molecule has 1 amide bonds. The molecule has 0 aliphatic heterocycles. The van der Waals surface area contributed by atoms with Gasteiger partial charge in [0.2, 0.25) is 5.91 Å². The largest absolute Gasteiger partial charge is 0.341 e. The van der Waals surface area contributed by atoms with E-state index in [1.54, 1.807) is 4.90 Å². The molecule has 0 fully saturated rings. The molecule has 4 nitrogen and oxygen atoms in total. The van der Waals surface area contributed by atoms with Gasteiger partial charge in [0.1, 0.15) is 5.65 Å². The average Bonchev–Trinajstić information content (AvgIpc) is 2.91. The van der Waals surface area contributed by atoms with Crippen molar-refractivity contribution in [2.45, 2.75) is 19.9 Å². The van der Waals surface area contributed by atoms with Gasteiger partial charge < -0.3 is 9.30 Å². The fourth-order valence-corrected chi connectivity index (χ4v) is 2.49. The SMILES string of the molecule is Cc1ccccc1CN(C)C(=O)Cc1cn2ccccc2n1. The molecule has 0 saturated carbocycles. The summed E-state index contributed by atoms with van der Waals surface area (Å²) in [5.41, 5.74) is 4.04. The summed E-state index contributed by atoms with van der Waals surface area (Å²) >= 11 is 0. The van der Waals surface area contributed by atoms with Gasteiger partial charge in [-0.2, -0.15) is 0 Å². The number of nitrogens with zero attached hydrogens (tertiary/aromatic N) is 3. The van der Waals surface area contributed by atoms with Crippen LogP contribution in [0.3, 0.4) is 0 Å². The number of imidazole rings is 1. The lowest BCUT2D eigenvalue weighted by Gasteiger charge is -2.18. The highest BCUT2D eigenvalue weighted by atomic mass is 16.2. The van der Waals surface area contributed by atoms with E-state index in [1.807, 2.05) is 54.2 Å². The molecule has 0 aliphatic carbocycles. The zero-order chi connectivity index (χ0) is 15.5. The molecule has 0 saturated heterocycles. The highest BCUT2D eigenvalue weighted by molar-refractivity contribution is 5.78. The molecule has 2 heterocycles. The van der Waals surface area contributed by atoms with Crippen molar-refractivity contribution in [2.24, 2.45) is 0 Å². The van der Waals surface area contributed by atoms with Crippen molar-refractivity contribution in [2.75, 3.05) is 7.05 Å². The Morgan fingerprint density at radius 2 is 1.95 bits per heavy atom. The Kier molecular flexibility index (Phi) is 3.92. The Labute approximate surface area is 130 Å². The van der Waals surface area contributed by atoms with Crippen LogP contribution in [0.15, 0.2) is 54.9 Å². The third kappa shape index (κ3) is 3.01. The Morgan fingerprint density at radius 3 is 2.73 bits per heavy atom. The average molecular weight is 293 g/mol. The van der Waals surface area contributed by atoms with Crippen LogP contribution in [0.4, 0.5) is 0 Å². The molecule has 0 unspecified atom stereocenters. The Morgan fingerprint density at radius 1 is 1.18 bits per heavy atom. The van der Waals surface area contributed by atoms with Gasteiger partial charge in [-0.3, -0.25) is 4.79 Å². The molecular weight excluding hydrogens is 274 g/mol. The van der Waals surface area contributed by atoms with Crippen LogP contribution < -0.4 is 0 Å². The minimum Gasteiger partial charge on any atom is -0.341 e. The molecule has 2 aromatic heterocycles. The van der Waals surface area contributed by atoms with Gasteiger partial charge >= 0.3 is 0 Å². The van der Waals surface area contributed by atoms with Crippen molar-refractivity contribution in [1.82, 2.24) is 14.3 Å². The molecule has 3 aromatic rings. The van der Waals surface area contributed by atoms with Crippen LogP contribution in [0, 0.1) is 6.92 Å². The number of aromatic nitrogens is 2. The van der Waals surface area contributed by atoms with Crippen LogP contribution in [0.1, 0.15) is 16.8 Å². The van der Waals surface area contributed by atoms with Crippen molar-refractivity contribution >= 4 is 11.6 Å². The predicted octanol–water partition coefficient (Wildman–Crippen LogP) is 2.84. The fraction of sp³-hybridized carbons (Fsp3) is 0.222. The maximum Gasteiger partial charge on any atom is 0.228 e. The topological polar surface area (TPSA) is 37.6 Å². The molecule has 22 heavy (non-hydrogen) atoms. The van der Waals surface area contributed by atoms with Gasteiger partial charge in [-0.1, -0.05) is 30.3 Å². The van der Waals surface area contributed by atoms with Gasteiger partial charge in [-0.15, -0.1) is 0 Å². The molecule has 0 aliphatic rings. The number of rotatable bonds is 4. The maximum absolute atomic E-state index is 12.4. The standard InChI is InChI=1S/C18H19N3O/c1-14-7-3-4-8-15(14)12-20(2)18(22)11-16-13-21-10-6-5-9-17(21)19-16/h3-10,13H,11-12H2,1-2H3. The second kappa shape index (κ2) is 6.02. The molecule has 1 aromatic carbocycles. The number of benzene rings is 1. The van der Waals surface area contributed by atoms with E-state index in [2.05, 4.69) is 24.0 Å². The van der Waals surface area contributed by atoms with E-state index in [0.29, 0.717) is 13.0 Å². The third-order valence-electron chi connectivity index (χ3n) is 3.84. The summed E-state index contributed by atoms with van der Waals surface area (Å²) in [6.07, 6.45) is 4.17. The van der Waals surface area contributed by atoms with Crippen molar-refractivity contribution in [3.8, 4) is 0 Å². The van der Waals surface area contributed by atoms with Gasteiger partial charge in [-0.25, -0.2) is 4.98 Å². The number of likely N-dealkylation sites (N-methyl/N-ethyl adjacent to an activating group) is 1. The second-order valence-electron chi connectivity index (χ2n) is 5.55. The Hall–Kier alpha value is -2.62. The summed E-state index contributed by atoms with van der Waals surface area (Å²) in [6.45, 7) is 2.69. The van der Waals surface area contributed by atoms with Gasteiger partial charge in [0.15, 0.2) is 0 Å². The smallest absolute Gasteiger partial charge is 0.228 e. The Bertz CT molecular complexity index is 774. The summed E-state index contributed by atoms with van der Waals surface area (Å²) < 4.78 is 1.93. The van der Waals surface area contributed by atoms with Crippen molar-refractivity contribution in [3.05, 3.63) is 71.7 Å². The minimum absolute atomic E-state index is 0.0756. The zero-order valence-electron chi connectivity index (χ0n) is 12.9. The molecule has 3 rings (SSSR count). The number of carbonyl (C=O) groups excluding carboxylic acids is 1. The van der Waals surface area contributed by atoms with E-state index in [1.165, 1.54) is 11.1 Å². The molecular formula is C18H19N3O. The quantitative estimate of drug-likeness (QED) is 0.742. The van der Waals surface area contributed by atoms with Gasteiger partial charge in [-0.05, 0) is 30.2 Å². The highest BCUT2D eigenvalue weighted by Gasteiger charge is 2.13. The summed E-state index contributed by atoms with van der Waals surface area (Å²) in [6, 6.07) is 14.0. The maximum atomic E-state index is 12.4. The molecule has 0 bridgehead atoms. The van der Waals surface area contributed by atoms with E-state index in [9.17, 15) is 4.79 Å². The summed E-state index contributed by atoms with van der Waals surface area (Å²) in [5, 5.41) is 0. The van der Waals surface area contributed by atoms with Crippen molar-refractivity contribution < 1.29 is 4.79 Å². The van der Waals surface area contributed by atoms with Crippen molar-refractivity contribution in [3.63, 3.8) is 0 Å². The predicted molar refractivity (Wildman–Crippen MR) is 86.5 cm³/mol. The number of aryl methyl sites for hydroxylation is 1. The van der Waals surface area contributed by atoms with Gasteiger partial charge in [0, 0.05) is 26.0 Å². The number of hydrogen-bond acceptors (Lipinski definition) is 2. The van der Waals surface area contributed by atoms with Crippen LogP contribution in [0.5, 0.6) is 0 Å². The minimum atomic E-state index is 0.0756. The van der Waals surface area contributed by atoms with E-state index in [0.717, 1.165) is 11.3 Å². The van der Waals surface area contributed by atoms with E-state index in [4.69, 9.17) is 0 Å². The summed E-state index contributed by atoms with van der Waals surface area (Å²) in [7, 11) is 1.84. The van der Waals surface area contributed by atoms with E-state index >= 15 is 0 Å². The molecule has 0 N–H and O–H groups in total. The molecule has 0 atom stereocenters. The van der Waals surface area contributed by atoms with Crippen LogP contribution in [-0.4, -0.2) is 27.2 Å². The first-order valence-electron chi connectivity index (χ1n) is 7.34. The first-order valence-corrected chi connectivity index (χ1v) is 7.34. The lowest BCUT2D eigenvalue weighted by molar-refractivity contribution is -0.129. The Balaban J connectivity index is 1.69.